The Morgan fingerprint density at radius 2 is 0.933 bits per heavy atom. The highest BCUT2D eigenvalue weighted by Gasteiger charge is 2.22. The van der Waals surface area contributed by atoms with E-state index in [2.05, 4.69) is 172 Å². The van der Waals surface area contributed by atoms with Gasteiger partial charge in [-0.25, -0.2) is 0 Å². The van der Waals surface area contributed by atoms with Crippen LogP contribution >= 0.6 is 0 Å². The summed E-state index contributed by atoms with van der Waals surface area (Å²) in [6.45, 7) is 0. The molecule has 1 N–H and O–H groups in total. The number of nitrogens with one attached hydrogen (secondary N) is 1. The molecule has 0 radical (unpaired) electrons. The maximum absolute atomic E-state index is 3.65. The molecular formula is C42H27N3. The molecule has 7 aromatic carbocycles. The van der Waals surface area contributed by atoms with E-state index in [-0.39, 0.29) is 0 Å². The van der Waals surface area contributed by atoms with Crippen molar-refractivity contribution in [2.45, 2.75) is 0 Å². The maximum Gasteiger partial charge on any atom is 0.0777 e. The summed E-state index contributed by atoms with van der Waals surface area (Å²) in [6.07, 6.45) is 0. The van der Waals surface area contributed by atoms with Crippen molar-refractivity contribution in [3.05, 3.63) is 158 Å². The molecule has 0 bridgehead atoms. The third-order valence-corrected chi connectivity index (χ3v) is 9.44. The second-order valence-electron chi connectivity index (χ2n) is 11.9. The Bertz CT molecular complexity index is 2600. The van der Waals surface area contributed by atoms with Gasteiger partial charge in [0.15, 0.2) is 0 Å². The molecule has 3 nitrogen and oxygen atoms in total. The van der Waals surface area contributed by atoms with Crippen LogP contribution in [0, 0.1) is 0 Å². The third kappa shape index (κ3) is 3.52. The predicted octanol–water partition coefficient (Wildman–Crippen LogP) is 11.3. The largest absolute Gasteiger partial charge is 0.352 e. The van der Waals surface area contributed by atoms with Crippen LogP contribution in [0.5, 0.6) is 0 Å². The van der Waals surface area contributed by atoms with Crippen molar-refractivity contribution < 1.29 is 0 Å². The number of benzene rings is 7. The fourth-order valence-electron chi connectivity index (χ4n) is 7.38. The van der Waals surface area contributed by atoms with Gasteiger partial charge in [0.1, 0.15) is 0 Å². The van der Waals surface area contributed by atoms with Crippen LogP contribution in [-0.2, 0) is 0 Å². The van der Waals surface area contributed by atoms with Crippen molar-refractivity contribution in [3.8, 4) is 33.6 Å². The van der Waals surface area contributed by atoms with Crippen molar-refractivity contribution in [1.29, 1.82) is 0 Å². The Kier molecular flexibility index (Phi) is 5.00. The van der Waals surface area contributed by atoms with Crippen molar-refractivity contribution >= 4 is 55.0 Å². The van der Waals surface area contributed by atoms with Crippen molar-refractivity contribution in [2.75, 3.05) is 5.32 Å². The molecular weight excluding hydrogens is 546 g/mol. The second-order valence-corrected chi connectivity index (χ2v) is 11.9. The van der Waals surface area contributed by atoms with Gasteiger partial charge in [-0.1, -0.05) is 97.1 Å². The van der Waals surface area contributed by atoms with E-state index in [4.69, 9.17) is 0 Å². The van der Waals surface area contributed by atoms with Gasteiger partial charge in [-0.15, -0.1) is 0 Å². The summed E-state index contributed by atoms with van der Waals surface area (Å²) in [5, 5.41) is 8.71. The van der Waals surface area contributed by atoms with E-state index in [0.29, 0.717) is 0 Å². The van der Waals surface area contributed by atoms with Gasteiger partial charge < -0.3 is 14.5 Å². The quantitative estimate of drug-likeness (QED) is 0.223. The van der Waals surface area contributed by atoms with Gasteiger partial charge >= 0.3 is 0 Å². The second kappa shape index (κ2) is 9.22. The zero-order chi connectivity index (χ0) is 29.5. The molecule has 210 valence electrons. The molecule has 0 saturated carbocycles. The highest BCUT2D eigenvalue weighted by molar-refractivity contribution is 6.16. The molecule has 3 heterocycles. The van der Waals surface area contributed by atoms with Gasteiger partial charge in [-0.05, 0) is 82.9 Å². The van der Waals surface area contributed by atoms with Crippen molar-refractivity contribution in [2.24, 2.45) is 0 Å². The SMILES string of the molecule is c1ccc(-c2ccc(-n3c4ccccc4c4cc(-c5ccc6c(c5)c5cccc7c5n6-c5ccccc5N7)ccc43)cc2)cc1. The van der Waals surface area contributed by atoms with Crippen LogP contribution in [0.4, 0.5) is 11.4 Å². The molecule has 0 atom stereocenters. The number of hydrogen-bond acceptors (Lipinski definition) is 1. The standard InChI is InChI=1S/C42H27N3/c1-2-9-27(10-3-1)28-17-21-31(22-18-28)44-38-15-6-4-11-32(38)34-25-29(19-23-39(34)44)30-20-24-40-35(26-30)33-12-8-14-37-42(33)45(40)41-16-7-5-13-36(41)43-37/h1-26,43H. The van der Waals surface area contributed by atoms with Gasteiger partial charge in [-0.3, -0.25) is 0 Å². The van der Waals surface area contributed by atoms with Crippen LogP contribution in [0.15, 0.2) is 158 Å². The summed E-state index contributed by atoms with van der Waals surface area (Å²) < 4.78 is 4.80. The highest BCUT2D eigenvalue weighted by atomic mass is 15.1. The van der Waals surface area contributed by atoms with E-state index in [1.165, 1.54) is 71.6 Å². The van der Waals surface area contributed by atoms with Gasteiger partial charge in [0.05, 0.1) is 39.1 Å². The third-order valence-electron chi connectivity index (χ3n) is 9.44. The predicted molar refractivity (Wildman–Crippen MR) is 189 cm³/mol. The molecule has 1 aliphatic rings. The van der Waals surface area contributed by atoms with Crippen LogP contribution in [0.2, 0.25) is 0 Å². The summed E-state index contributed by atoms with van der Waals surface area (Å²) in [7, 11) is 0. The first kappa shape index (κ1) is 24.4. The van der Waals surface area contributed by atoms with Gasteiger partial charge in [0.25, 0.3) is 0 Å². The first-order valence-electron chi connectivity index (χ1n) is 15.4. The zero-order valence-electron chi connectivity index (χ0n) is 24.4. The lowest BCUT2D eigenvalue weighted by Gasteiger charge is -2.21. The number of nitrogens with zero attached hydrogens (tertiary/aromatic N) is 2. The fraction of sp³-hybridized carbons (Fsp3) is 0. The Hall–Kier alpha value is -6.06. The molecule has 10 rings (SSSR count). The minimum atomic E-state index is 1.13. The Morgan fingerprint density at radius 3 is 1.76 bits per heavy atom. The zero-order valence-corrected chi connectivity index (χ0v) is 24.4. The lowest BCUT2D eigenvalue weighted by atomic mass is 10.0. The summed E-state index contributed by atoms with van der Waals surface area (Å²) >= 11 is 0. The molecule has 45 heavy (non-hydrogen) atoms. The molecule has 9 aromatic rings. The Labute approximate surface area is 260 Å². The Morgan fingerprint density at radius 1 is 0.356 bits per heavy atom. The van der Waals surface area contributed by atoms with E-state index in [0.717, 1.165) is 17.1 Å². The number of para-hydroxylation sites is 4. The fourth-order valence-corrected chi connectivity index (χ4v) is 7.38. The van der Waals surface area contributed by atoms with Crippen LogP contribution < -0.4 is 5.32 Å². The van der Waals surface area contributed by atoms with Crippen molar-refractivity contribution in [3.63, 3.8) is 0 Å². The molecule has 0 spiro atoms. The summed E-state index contributed by atoms with van der Waals surface area (Å²) in [6, 6.07) is 57.2. The molecule has 1 aliphatic heterocycles. The average molecular weight is 574 g/mol. The smallest absolute Gasteiger partial charge is 0.0777 e. The first-order chi connectivity index (χ1) is 22.3. The van der Waals surface area contributed by atoms with E-state index in [1.807, 2.05) is 0 Å². The number of fused-ring (bicyclic) bond motifs is 8. The van der Waals surface area contributed by atoms with E-state index >= 15 is 0 Å². The number of rotatable bonds is 3. The van der Waals surface area contributed by atoms with Crippen LogP contribution in [0.25, 0.3) is 77.2 Å². The maximum atomic E-state index is 3.65. The summed E-state index contributed by atoms with van der Waals surface area (Å²) in [5.74, 6) is 0. The van der Waals surface area contributed by atoms with Crippen molar-refractivity contribution in [1.82, 2.24) is 9.13 Å². The van der Waals surface area contributed by atoms with Gasteiger partial charge in [-0.2, -0.15) is 0 Å². The Balaban J connectivity index is 1.14. The van der Waals surface area contributed by atoms with Crippen LogP contribution in [0.3, 0.4) is 0 Å². The van der Waals surface area contributed by atoms with E-state index < -0.39 is 0 Å². The number of hydrogen-bond donors (Lipinski definition) is 1. The molecule has 0 amide bonds. The lowest BCUT2D eigenvalue weighted by molar-refractivity contribution is 1.16. The molecule has 0 fully saturated rings. The average Bonchev–Trinajstić information content (AvgIpc) is 3.62. The van der Waals surface area contributed by atoms with Gasteiger partial charge in [0, 0.05) is 27.2 Å². The first-order valence-corrected chi connectivity index (χ1v) is 15.4. The molecule has 3 heteroatoms. The summed E-state index contributed by atoms with van der Waals surface area (Å²) in [5.41, 5.74) is 14.4. The minimum absolute atomic E-state index is 1.13. The molecule has 2 aromatic heterocycles. The topological polar surface area (TPSA) is 21.9 Å². The molecule has 0 saturated heterocycles. The molecule has 0 unspecified atom stereocenters. The van der Waals surface area contributed by atoms with Crippen LogP contribution in [-0.4, -0.2) is 9.13 Å². The number of anilines is 2. The van der Waals surface area contributed by atoms with E-state index in [9.17, 15) is 0 Å². The minimum Gasteiger partial charge on any atom is -0.352 e. The molecule has 0 aliphatic carbocycles. The highest BCUT2D eigenvalue weighted by Crippen LogP contribution is 2.44. The van der Waals surface area contributed by atoms with E-state index in [1.54, 1.807) is 0 Å². The number of aromatic nitrogens is 2. The normalized spacial score (nSPS) is 12.2. The lowest BCUT2D eigenvalue weighted by Crippen LogP contribution is -2.06. The summed E-state index contributed by atoms with van der Waals surface area (Å²) in [4.78, 5) is 0. The van der Waals surface area contributed by atoms with Gasteiger partial charge in [0.2, 0.25) is 0 Å². The monoisotopic (exact) mass is 573 g/mol. The van der Waals surface area contributed by atoms with Crippen LogP contribution in [0.1, 0.15) is 0 Å².